The van der Waals surface area contributed by atoms with Gasteiger partial charge in [-0.15, -0.1) is 0 Å². The van der Waals surface area contributed by atoms with Gasteiger partial charge in [-0.25, -0.2) is 0 Å². The third kappa shape index (κ3) is 3.82. The molecule has 1 amide bonds. The molecule has 1 rings (SSSR count). The van der Waals surface area contributed by atoms with Crippen molar-refractivity contribution in [3.8, 4) is 0 Å². The Morgan fingerprint density at radius 3 is 2.71 bits per heavy atom. The molecule has 0 aliphatic rings. The summed E-state index contributed by atoms with van der Waals surface area (Å²) in [7, 11) is 0. The lowest BCUT2D eigenvalue weighted by Gasteiger charge is -2.23. The summed E-state index contributed by atoms with van der Waals surface area (Å²) in [6.45, 7) is 6.29. The molecule has 1 aromatic carbocycles. The molecular weight excluding hydrogens is 280 g/mol. The molecule has 0 aliphatic carbocycles. The number of benzene rings is 1. The lowest BCUT2D eigenvalue weighted by Crippen LogP contribution is -2.32. The third-order valence-electron chi connectivity index (χ3n) is 2.83. The van der Waals surface area contributed by atoms with Gasteiger partial charge in [0.15, 0.2) is 0 Å². The molecule has 3 N–H and O–H groups in total. The maximum Gasteiger partial charge on any atom is 0.230 e. The summed E-state index contributed by atoms with van der Waals surface area (Å²) in [5.41, 5.74) is 6.96. The van der Waals surface area contributed by atoms with Gasteiger partial charge in [0.05, 0.1) is 0 Å². The van der Waals surface area contributed by atoms with Crippen LogP contribution in [-0.4, -0.2) is 12.5 Å². The molecule has 1 aromatic rings. The van der Waals surface area contributed by atoms with Crippen molar-refractivity contribution in [3.05, 3.63) is 28.2 Å². The number of nitrogens with two attached hydrogens (primary N) is 1. The Morgan fingerprint density at radius 1 is 1.47 bits per heavy atom. The number of amides is 1. The largest absolute Gasteiger partial charge is 0.330 e. The van der Waals surface area contributed by atoms with Gasteiger partial charge in [-0.1, -0.05) is 35.8 Å². The number of anilines is 1. The molecular formula is C13H19BrN2O. The fraction of sp³-hybridized carbons (Fsp3) is 0.462. The molecule has 4 heteroatoms. The van der Waals surface area contributed by atoms with Crippen LogP contribution in [0, 0.1) is 12.3 Å². The lowest BCUT2D eigenvalue weighted by atomic mass is 9.88. The topological polar surface area (TPSA) is 55.1 Å². The van der Waals surface area contributed by atoms with E-state index < -0.39 is 5.41 Å². The Hall–Kier alpha value is -0.870. The van der Waals surface area contributed by atoms with Crippen LogP contribution in [0.3, 0.4) is 0 Å². The number of hydrogen-bond donors (Lipinski definition) is 2. The molecule has 0 spiro atoms. The zero-order valence-corrected chi connectivity index (χ0v) is 12.1. The van der Waals surface area contributed by atoms with Gasteiger partial charge in [-0.05, 0) is 37.6 Å². The second-order valence-corrected chi connectivity index (χ2v) is 5.75. The summed E-state index contributed by atoms with van der Waals surface area (Å²) in [5.74, 6) is 0.00384. The molecule has 0 aliphatic heterocycles. The highest BCUT2D eigenvalue weighted by atomic mass is 79.9. The van der Waals surface area contributed by atoms with E-state index in [1.54, 1.807) is 0 Å². The Kier molecular flexibility index (Phi) is 4.71. The van der Waals surface area contributed by atoms with Crippen LogP contribution in [0.1, 0.15) is 25.8 Å². The van der Waals surface area contributed by atoms with Crippen LogP contribution in [-0.2, 0) is 4.79 Å². The van der Waals surface area contributed by atoms with Crippen LogP contribution in [0.4, 0.5) is 5.69 Å². The summed E-state index contributed by atoms with van der Waals surface area (Å²) in [4.78, 5) is 12.1. The Balaban J connectivity index is 2.84. The molecule has 94 valence electrons. The first kappa shape index (κ1) is 14.2. The number of nitrogens with one attached hydrogen (secondary N) is 1. The van der Waals surface area contributed by atoms with Crippen molar-refractivity contribution < 1.29 is 4.79 Å². The summed E-state index contributed by atoms with van der Waals surface area (Å²) < 4.78 is 0.954. The molecule has 0 aromatic heterocycles. The highest BCUT2D eigenvalue weighted by Crippen LogP contribution is 2.25. The number of hydrogen-bond acceptors (Lipinski definition) is 2. The number of aryl methyl sites for hydroxylation is 1. The third-order valence-corrected chi connectivity index (χ3v) is 3.33. The van der Waals surface area contributed by atoms with E-state index in [4.69, 9.17) is 5.73 Å². The summed E-state index contributed by atoms with van der Waals surface area (Å²) in [5, 5.41) is 2.95. The van der Waals surface area contributed by atoms with Crippen LogP contribution in [0.15, 0.2) is 22.7 Å². The number of rotatable bonds is 4. The molecule has 0 unspecified atom stereocenters. The van der Waals surface area contributed by atoms with E-state index in [9.17, 15) is 4.79 Å². The minimum absolute atomic E-state index is 0.00384. The van der Waals surface area contributed by atoms with E-state index >= 15 is 0 Å². The predicted molar refractivity (Wildman–Crippen MR) is 75.0 cm³/mol. The molecule has 0 atom stereocenters. The van der Waals surface area contributed by atoms with Crippen molar-refractivity contribution in [2.45, 2.75) is 27.2 Å². The molecule has 3 nitrogen and oxygen atoms in total. The zero-order chi connectivity index (χ0) is 13.1. The standard InChI is InChI=1S/C13H19BrN2O/c1-9-4-5-10(14)8-11(9)16-12(17)13(2,3)6-7-15/h4-5,8H,6-7,15H2,1-3H3,(H,16,17). The number of carbonyl (C=O) groups excluding carboxylic acids is 1. The Labute approximate surface area is 111 Å². The van der Waals surface area contributed by atoms with Crippen LogP contribution >= 0.6 is 15.9 Å². The fourth-order valence-corrected chi connectivity index (χ4v) is 1.86. The fourth-order valence-electron chi connectivity index (χ4n) is 1.49. The minimum atomic E-state index is -0.441. The van der Waals surface area contributed by atoms with Gasteiger partial charge in [0.2, 0.25) is 5.91 Å². The minimum Gasteiger partial charge on any atom is -0.330 e. The van der Waals surface area contributed by atoms with E-state index in [1.807, 2.05) is 39.0 Å². The summed E-state index contributed by atoms with van der Waals surface area (Å²) in [6.07, 6.45) is 0.673. The zero-order valence-electron chi connectivity index (χ0n) is 10.5. The number of halogens is 1. The van der Waals surface area contributed by atoms with E-state index in [0.717, 1.165) is 15.7 Å². The van der Waals surface area contributed by atoms with Gasteiger partial charge in [-0.2, -0.15) is 0 Å². The van der Waals surface area contributed by atoms with Gasteiger partial charge in [0.25, 0.3) is 0 Å². The Bertz CT molecular complexity index is 416. The van der Waals surface area contributed by atoms with Gasteiger partial charge in [0.1, 0.15) is 0 Å². The normalized spacial score (nSPS) is 11.4. The maximum atomic E-state index is 12.1. The van der Waals surface area contributed by atoms with Crippen LogP contribution in [0.5, 0.6) is 0 Å². The van der Waals surface area contributed by atoms with Gasteiger partial charge < -0.3 is 11.1 Å². The van der Waals surface area contributed by atoms with Crippen molar-refractivity contribution >= 4 is 27.5 Å². The number of carbonyl (C=O) groups is 1. The molecule has 0 fully saturated rings. The second-order valence-electron chi connectivity index (χ2n) is 4.84. The molecule has 0 bridgehead atoms. The second kappa shape index (κ2) is 5.65. The van der Waals surface area contributed by atoms with Gasteiger partial charge in [0, 0.05) is 15.6 Å². The van der Waals surface area contributed by atoms with Crippen LogP contribution < -0.4 is 11.1 Å². The van der Waals surface area contributed by atoms with Crippen molar-refractivity contribution in [2.24, 2.45) is 11.1 Å². The summed E-state index contributed by atoms with van der Waals surface area (Å²) >= 11 is 3.40. The average molecular weight is 299 g/mol. The van der Waals surface area contributed by atoms with Crippen molar-refractivity contribution in [2.75, 3.05) is 11.9 Å². The highest BCUT2D eigenvalue weighted by molar-refractivity contribution is 9.10. The monoisotopic (exact) mass is 298 g/mol. The van der Waals surface area contributed by atoms with Gasteiger partial charge >= 0.3 is 0 Å². The molecule has 0 saturated carbocycles. The van der Waals surface area contributed by atoms with Crippen LogP contribution in [0.2, 0.25) is 0 Å². The van der Waals surface area contributed by atoms with Gasteiger partial charge in [-0.3, -0.25) is 4.79 Å². The Morgan fingerprint density at radius 2 is 2.12 bits per heavy atom. The summed E-state index contributed by atoms with van der Waals surface area (Å²) in [6, 6.07) is 5.83. The molecule has 0 heterocycles. The molecule has 0 radical (unpaired) electrons. The van der Waals surface area contributed by atoms with Crippen molar-refractivity contribution in [3.63, 3.8) is 0 Å². The van der Waals surface area contributed by atoms with E-state index in [2.05, 4.69) is 21.2 Å². The highest BCUT2D eigenvalue weighted by Gasteiger charge is 2.26. The smallest absolute Gasteiger partial charge is 0.230 e. The van der Waals surface area contributed by atoms with Crippen LogP contribution in [0.25, 0.3) is 0 Å². The first-order valence-corrected chi connectivity index (χ1v) is 6.44. The van der Waals surface area contributed by atoms with E-state index in [0.29, 0.717) is 13.0 Å². The average Bonchev–Trinajstić information content (AvgIpc) is 2.23. The molecule has 0 saturated heterocycles. The first-order valence-electron chi connectivity index (χ1n) is 5.64. The predicted octanol–water partition coefficient (Wildman–Crippen LogP) is 3.07. The first-order chi connectivity index (χ1) is 7.86. The van der Waals surface area contributed by atoms with Crippen molar-refractivity contribution in [1.82, 2.24) is 0 Å². The van der Waals surface area contributed by atoms with E-state index in [-0.39, 0.29) is 5.91 Å². The lowest BCUT2D eigenvalue weighted by molar-refractivity contribution is -0.124. The quantitative estimate of drug-likeness (QED) is 0.897. The van der Waals surface area contributed by atoms with Crippen molar-refractivity contribution in [1.29, 1.82) is 0 Å². The molecule has 17 heavy (non-hydrogen) atoms. The maximum absolute atomic E-state index is 12.1. The van der Waals surface area contributed by atoms with E-state index in [1.165, 1.54) is 0 Å². The SMILES string of the molecule is Cc1ccc(Br)cc1NC(=O)C(C)(C)CCN.